The van der Waals surface area contributed by atoms with Gasteiger partial charge in [0.05, 0.1) is 44.1 Å². The first-order valence-corrected chi connectivity index (χ1v) is 29.8. The van der Waals surface area contributed by atoms with Crippen LogP contribution in [-0.2, 0) is 61.8 Å². The number of carboxylic acids is 1. The van der Waals surface area contributed by atoms with Crippen molar-refractivity contribution in [3.63, 3.8) is 0 Å². The van der Waals surface area contributed by atoms with Gasteiger partial charge in [0.15, 0.2) is 31.3 Å². The summed E-state index contributed by atoms with van der Waals surface area (Å²) in [6.07, 6.45) is -30.6. The molecule has 4 saturated carbocycles. The Balaban J connectivity index is 1.04. The normalized spacial score (nSPS) is 50.5. The molecule has 5 aliphatic carbocycles. The van der Waals surface area contributed by atoms with Crippen molar-refractivity contribution in [2.24, 2.45) is 50.2 Å². The third-order valence-electron chi connectivity index (χ3n) is 22.2. The molecule has 8 fully saturated rings. The second kappa shape index (κ2) is 24.4. The SMILES string of the molecule is C/C=C(/C)C(=O)O[C@H]1[C@H](OC(C)=O)[C@]2(CO)[C@H](O)C[C@]3(C)C(=CC[C@@H]4[C@@]5(C)CC[C@H](O[C@@H]6O[C@H](C(=O)O)[C@@H](O)[C@H](O[C@@H]7OC[C@H](O)[C@H](O)[C@H]7O[C@@H]7OC[C@@H](O)[C@H](O)[C@H]7O)[C@H]6O[C@@H]6O[C@H](CO)[C@@H](O)[C@H](O)[C@H]6O)C(C)(C)[C@@H]5CC[C@]43C)[C@@H]2CC1(C)C. The number of aliphatic carboxylic acids is 1. The van der Waals surface area contributed by atoms with Crippen LogP contribution in [0.2, 0.25) is 0 Å². The molecule has 0 bridgehead atoms. The lowest BCUT2D eigenvalue weighted by Gasteiger charge is -2.72. The van der Waals surface area contributed by atoms with E-state index < -0.39 is 218 Å². The number of carboxylic acid groups (broad SMARTS) is 1. The van der Waals surface area contributed by atoms with E-state index in [9.17, 15) is 80.8 Å². The van der Waals surface area contributed by atoms with Gasteiger partial charge < -0.3 is 114 Å². The number of hydrogen-bond donors (Lipinski definition) is 13. The average Bonchev–Trinajstić information content (AvgIpc) is 0.769. The van der Waals surface area contributed by atoms with Crippen molar-refractivity contribution in [2.75, 3.05) is 26.4 Å². The summed E-state index contributed by atoms with van der Waals surface area (Å²) in [5, 5.41) is 144. The molecule has 484 valence electrons. The van der Waals surface area contributed by atoms with Gasteiger partial charge in [0.1, 0.15) is 91.6 Å². The number of carbonyl (C=O) groups is 3. The zero-order valence-electron chi connectivity index (χ0n) is 50.0. The van der Waals surface area contributed by atoms with Gasteiger partial charge in [0, 0.05) is 17.9 Å². The van der Waals surface area contributed by atoms with Crippen LogP contribution in [-0.4, -0.2) is 246 Å². The lowest BCUT2D eigenvalue weighted by molar-refractivity contribution is -0.399. The Kier molecular flexibility index (Phi) is 19.1. The minimum absolute atomic E-state index is 0.00886. The first-order valence-electron chi connectivity index (χ1n) is 29.8. The number of fused-ring (bicyclic) bond motifs is 7. The number of allylic oxidation sites excluding steroid dienone is 3. The first-order chi connectivity index (χ1) is 39.7. The molecule has 0 aromatic carbocycles. The Morgan fingerprint density at radius 3 is 1.89 bits per heavy atom. The molecule has 13 N–H and O–H groups in total. The van der Waals surface area contributed by atoms with Crippen molar-refractivity contribution in [1.82, 2.24) is 0 Å². The predicted molar refractivity (Wildman–Crippen MR) is 288 cm³/mol. The molecule has 29 atom stereocenters. The summed E-state index contributed by atoms with van der Waals surface area (Å²) >= 11 is 0. The van der Waals surface area contributed by atoms with Gasteiger partial charge in [-0.2, -0.15) is 0 Å². The molecule has 0 aromatic heterocycles. The predicted octanol–water partition coefficient (Wildman–Crippen LogP) is -1.19. The number of aliphatic hydroxyl groups is 12. The van der Waals surface area contributed by atoms with Crippen molar-refractivity contribution >= 4 is 17.9 Å². The number of rotatable bonds is 14. The van der Waals surface area contributed by atoms with Crippen molar-refractivity contribution in [3.05, 3.63) is 23.3 Å². The highest BCUT2D eigenvalue weighted by atomic mass is 16.8. The van der Waals surface area contributed by atoms with Crippen LogP contribution < -0.4 is 0 Å². The van der Waals surface area contributed by atoms with Crippen LogP contribution in [0.5, 0.6) is 0 Å². The number of esters is 2. The van der Waals surface area contributed by atoms with Gasteiger partial charge in [0.2, 0.25) is 0 Å². The van der Waals surface area contributed by atoms with Crippen LogP contribution in [0.15, 0.2) is 23.3 Å². The summed E-state index contributed by atoms with van der Waals surface area (Å²) in [4.78, 5) is 39.6. The van der Waals surface area contributed by atoms with E-state index in [4.69, 9.17) is 47.4 Å². The van der Waals surface area contributed by atoms with Crippen LogP contribution in [0.25, 0.3) is 0 Å². The third-order valence-corrected chi connectivity index (χ3v) is 22.2. The van der Waals surface area contributed by atoms with Crippen LogP contribution in [0.4, 0.5) is 0 Å². The maximum atomic E-state index is 13.5. The summed E-state index contributed by atoms with van der Waals surface area (Å²) in [5.41, 5.74) is -3.17. The topological polar surface area (TPSA) is 407 Å². The van der Waals surface area contributed by atoms with E-state index in [0.29, 0.717) is 44.1 Å². The van der Waals surface area contributed by atoms with E-state index in [2.05, 4.69) is 26.8 Å². The van der Waals surface area contributed by atoms with E-state index >= 15 is 0 Å². The summed E-state index contributed by atoms with van der Waals surface area (Å²) in [7, 11) is 0. The van der Waals surface area contributed by atoms with Gasteiger partial charge >= 0.3 is 17.9 Å². The van der Waals surface area contributed by atoms with Crippen molar-refractivity contribution in [3.8, 4) is 0 Å². The van der Waals surface area contributed by atoms with Gasteiger partial charge in [-0.05, 0) is 98.2 Å². The van der Waals surface area contributed by atoms with Crippen LogP contribution in [0, 0.1) is 50.2 Å². The molecule has 0 radical (unpaired) electrons. The maximum absolute atomic E-state index is 13.5. The Bertz CT molecular complexity index is 2490. The molecule has 0 unspecified atom stereocenters. The van der Waals surface area contributed by atoms with E-state index in [0.717, 1.165) is 5.57 Å². The monoisotopic (exact) mass is 1220 g/mol. The highest BCUT2D eigenvalue weighted by molar-refractivity contribution is 5.87. The van der Waals surface area contributed by atoms with Crippen molar-refractivity contribution in [1.29, 1.82) is 0 Å². The lowest BCUT2D eigenvalue weighted by Crippen LogP contribution is -2.72. The largest absolute Gasteiger partial charge is 0.479 e. The molecule has 4 heterocycles. The van der Waals surface area contributed by atoms with Crippen LogP contribution in [0.3, 0.4) is 0 Å². The Hall–Kier alpha value is -2.91. The summed E-state index contributed by atoms with van der Waals surface area (Å²) in [6.45, 7) is 16.7. The van der Waals surface area contributed by atoms with E-state index in [1.165, 1.54) is 6.92 Å². The van der Waals surface area contributed by atoms with Crippen molar-refractivity contribution in [2.45, 2.75) is 249 Å². The smallest absolute Gasteiger partial charge is 0.335 e. The molecule has 0 amide bonds. The highest BCUT2D eigenvalue weighted by Gasteiger charge is 2.74. The highest BCUT2D eigenvalue weighted by Crippen LogP contribution is 2.76. The quantitative estimate of drug-likeness (QED) is 0.0421. The Labute approximate surface area is 493 Å². The summed E-state index contributed by atoms with van der Waals surface area (Å²) < 4.78 is 60.9. The minimum Gasteiger partial charge on any atom is -0.479 e. The molecule has 9 rings (SSSR count). The Morgan fingerprint density at radius 2 is 1.27 bits per heavy atom. The molecule has 4 aliphatic heterocycles. The zero-order valence-corrected chi connectivity index (χ0v) is 50.0. The standard InChI is InChI=1S/C59H92O26/c1-11-24(2)49(75)85-46-47(78-25(3)62)59(23-61)27(18-54(46,4)5)26-12-13-32-56(8)16-15-34(55(6,7)31(56)14-17-57(32,9)58(26,10)19-33(59)65)80-53-45(84-51-40(71)38(69)37(68)30(20-60)79-51)42(41(72)43(82-53)48(73)74)81-52-44(36(67)29(64)22-77-52)83-50-39(70)35(66)28(63)21-76-50/h11-12,27-47,50-53,60-61,63-72H,13-23H2,1-10H3,(H,73,74)/b24-11-/t27-,28+,29-,30+,31-,32+,33+,34-,35-,36-,37+,38-,39+,40+,41-,42-,43-,44+,45+,46-,47-,50-,51-,52-,53+,56-,57+,58+,59-/m0/s1. The summed E-state index contributed by atoms with van der Waals surface area (Å²) in [6, 6.07) is 0. The number of ether oxygens (including phenoxy) is 10. The second-order valence-electron chi connectivity index (χ2n) is 27.6. The molecule has 0 aromatic rings. The van der Waals surface area contributed by atoms with Crippen molar-refractivity contribution < 1.29 is 128 Å². The average molecular weight is 1220 g/mol. The fourth-order valence-corrected chi connectivity index (χ4v) is 17.1. The van der Waals surface area contributed by atoms with E-state index in [-0.39, 0.29) is 18.3 Å². The summed E-state index contributed by atoms with van der Waals surface area (Å²) in [5.74, 6) is -3.55. The fraction of sp³-hybridized carbons (Fsp3) is 0.881. The molecular formula is C59H92O26. The Morgan fingerprint density at radius 1 is 0.647 bits per heavy atom. The minimum atomic E-state index is -2.21. The molecule has 9 aliphatic rings. The fourth-order valence-electron chi connectivity index (χ4n) is 17.1. The van der Waals surface area contributed by atoms with Gasteiger partial charge in [-0.15, -0.1) is 0 Å². The molecule has 85 heavy (non-hydrogen) atoms. The van der Waals surface area contributed by atoms with Gasteiger partial charge in [-0.1, -0.05) is 66.2 Å². The van der Waals surface area contributed by atoms with E-state index in [1.54, 1.807) is 19.9 Å². The van der Waals surface area contributed by atoms with Crippen LogP contribution >= 0.6 is 0 Å². The number of hydrogen-bond acceptors (Lipinski definition) is 25. The van der Waals surface area contributed by atoms with Gasteiger partial charge in [0.25, 0.3) is 0 Å². The molecule has 26 heteroatoms. The van der Waals surface area contributed by atoms with Gasteiger partial charge in [-0.25, -0.2) is 9.59 Å². The molecular weight excluding hydrogens is 1120 g/mol. The van der Waals surface area contributed by atoms with Gasteiger partial charge in [-0.3, -0.25) is 4.79 Å². The molecule has 26 nitrogen and oxygen atoms in total. The lowest BCUT2D eigenvalue weighted by atomic mass is 9.33. The zero-order chi connectivity index (χ0) is 62.6. The molecule has 4 saturated heterocycles. The second-order valence-corrected chi connectivity index (χ2v) is 27.6. The third kappa shape index (κ3) is 11.1. The van der Waals surface area contributed by atoms with E-state index in [1.807, 2.05) is 27.7 Å². The first kappa shape index (κ1) is 66.5. The van der Waals surface area contributed by atoms with Crippen LogP contribution in [0.1, 0.15) is 114 Å². The molecule has 0 spiro atoms. The number of aliphatic hydroxyl groups excluding tert-OH is 12. The maximum Gasteiger partial charge on any atom is 0.335 e. The number of carbonyl (C=O) groups excluding carboxylic acids is 2.